The van der Waals surface area contributed by atoms with E-state index in [0.717, 1.165) is 24.0 Å². The first-order chi connectivity index (χ1) is 5.65. The summed E-state index contributed by atoms with van der Waals surface area (Å²) in [6.45, 7) is 2.69. The van der Waals surface area contributed by atoms with Crippen LogP contribution in [0, 0.1) is 6.92 Å². The average molecular weight is 167 g/mol. The summed E-state index contributed by atoms with van der Waals surface area (Å²) in [6.07, 6.45) is 2.37. The van der Waals surface area contributed by atoms with Crippen molar-refractivity contribution in [1.82, 2.24) is 4.90 Å². The van der Waals surface area contributed by atoms with Crippen LogP contribution in [0.5, 0.6) is 0 Å². The number of hydrogen-bond acceptors (Lipinski definition) is 3. The van der Waals surface area contributed by atoms with Gasteiger partial charge in [-0.2, -0.15) is 0 Å². The third-order valence-corrected chi connectivity index (χ3v) is 1.72. The molecule has 0 radical (unpaired) electrons. The van der Waals surface area contributed by atoms with Crippen LogP contribution in [0.25, 0.3) is 0 Å². The normalized spacial score (nSPS) is 10.7. The van der Waals surface area contributed by atoms with Crippen molar-refractivity contribution in [3.05, 3.63) is 23.2 Å². The van der Waals surface area contributed by atoms with Crippen LogP contribution in [-0.2, 0) is 6.54 Å². The van der Waals surface area contributed by atoms with Crippen LogP contribution in [0.1, 0.15) is 21.7 Å². The number of nitrogens with zero attached hydrogens (tertiary/aromatic N) is 1. The molecule has 0 N–H and O–H groups in total. The summed E-state index contributed by atoms with van der Waals surface area (Å²) < 4.78 is 5.05. The highest BCUT2D eigenvalue weighted by Gasteiger charge is 2.09. The van der Waals surface area contributed by atoms with Crippen LogP contribution in [0.4, 0.5) is 0 Å². The molecule has 0 saturated carbocycles. The molecule has 0 aliphatic carbocycles. The summed E-state index contributed by atoms with van der Waals surface area (Å²) in [4.78, 5) is 12.5. The van der Waals surface area contributed by atoms with E-state index < -0.39 is 0 Å². The predicted molar refractivity (Wildman–Crippen MR) is 46.2 cm³/mol. The average Bonchev–Trinajstić information content (AvgIpc) is 2.32. The second-order valence-electron chi connectivity index (χ2n) is 3.12. The molecular weight excluding hydrogens is 154 g/mol. The highest BCUT2D eigenvalue weighted by Crippen LogP contribution is 2.15. The monoisotopic (exact) mass is 167 g/mol. The quantitative estimate of drug-likeness (QED) is 0.639. The number of aldehydes is 1. The maximum Gasteiger partial charge on any atom is 0.185 e. The molecule has 3 heteroatoms. The Morgan fingerprint density at radius 1 is 1.58 bits per heavy atom. The van der Waals surface area contributed by atoms with E-state index >= 15 is 0 Å². The summed E-state index contributed by atoms with van der Waals surface area (Å²) in [6, 6.07) is 0. The Bertz CT molecular complexity index is 276. The number of carbonyl (C=O) groups excluding carboxylic acids is 1. The first-order valence-corrected chi connectivity index (χ1v) is 3.82. The van der Waals surface area contributed by atoms with Gasteiger partial charge in [-0.25, -0.2) is 0 Å². The Morgan fingerprint density at radius 2 is 2.25 bits per heavy atom. The smallest absolute Gasteiger partial charge is 0.185 e. The van der Waals surface area contributed by atoms with Gasteiger partial charge in [0.1, 0.15) is 0 Å². The van der Waals surface area contributed by atoms with Crippen LogP contribution >= 0.6 is 0 Å². The van der Waals surface area contributed by atoms with Crippen LogP contribution in [-0.4, -0.2) is 25.3 Å². The largest absolute Gasteiger partial charge is 0.461 e. The van der Waals surface area contributed by atoms with E-state index in [4.69, 9.17) is 4.42 Å². The molecular formula is C9H13NO2. The van der Waals surface area contributed by atoms with Crippen LogP contribution < -0.4 is 0 Å². The van der Waals surface area contributed by atoms with Crippen molar-refractivity contribution in [2.45, 2.75) is 13.5 Å². The lowest BCUT2D eigenvalue weighted by Gasteiger charge is -2.08. The zero-order valence-corrected chi connectivity index (χ0v) is 7.63. The van der Waals surface area contributed by atoms with Gasteiger partial charge in [-0.15, -0.1) is 0 Å². The van der Waals surface area contributed by atoms with E-state index in [9.17, 15) is 4.79 Å². The molecule has 1 aromatic heterocycles. The molecule has 12 heavy (non-hydrogen) atoms. The lowest BCUT2D eigenvalue weighted by atomic mass is 10.1. The van der Waals surface area contributed by atoms with Gasteiger partial charge in [-0.05, 0) is 26.6 Å². The highest BCUT2D eigenvalue weighted by molar-refractivity contribution is 5.73. The summed E-state index contributed by atoms with van der Waals surface area (Å²) in [5.74, 6) is 0.446. The van der Waals surface area contributed by atoms with Gasteiger partial charge in [0.2, 0.25) is 0 Å². The molecule has 0 amide bonds. The Morgan fingerprint density at radius 3 is 2.75 bits per heavy atom. The molecule has 0 spiro atoms. The minimum absolute atomic E-state index is 0.446. The molecule has 1 aromatic rings. The molecule has 0 saturated heterocycles. The van der Waals surface area contributed by atoms with Gasteiger partial charge in [-0.3, -0.25) is 4.79 Å². The van der Waals surface area contributed by atoms with Crippen LogP contribution in [0.3, 0.4) is 0 Å². The topological polar surface area (TPSA) is 33.5 Å². The van der Waals surface area contributed by atoms with E-state index in [-0.39, 0.29) is 0 Å². The zero-order chi connectivity index (χ0) is 9.14. The van der Waals surface area contributed by atoms with Crippen molar-refractivity contribution in [2.24, 2.45) is 0 Å². The van der Waals surface area contributed by atoms with E-state index in [0.29, 0.717) is 5.76 Å². The number of rotatable bonds is 3. The highest BCUT2D eigenvalue weighted by atomic mass is 16.3. The lowest BCUT2D eigenvalue weighted by molar-refractivity contribution is 0.109. The van der Waals surface area contributed by atoms with Crippen LogP contribution in [0.2, 0.25) is 0 Å². The minimum atomic E-state index is 0.446. The summed E-state index contributed by atoms with van der Waals surface area (Å²) in [7, 11) is 3.92. The minimum Gasteiger partial charge on any atom is -0.461 e. The Balaban J connectivity index is 2.94. The van der Waals surface area contributed by atoms with Crippen molar-refractivity contribution < 1.29 is 9.21 Å². The van der Waals surface area contributed by atoms with E-state index in [1.54, 1.807) is 6.26 Å². The van der Waals surface area contributed by atoms with Gasteiger partial charge in [0.15, 0.2) is 12.0 Å². The van der Waals surface area contributed by atoms with Crippen molar-refractivity contribution in [2.75, 3.05) is 14.1 Å². The third kappa shape index (κ3) is 1.74. The van der Waals surface area contributed by atoms with Crippen molar-refractivity contribution >= 4 is 6.29 Å². The van der Waals surface area contributed by atoms with Gasteiger partial charge in [0.25, 0.3) is 0 Å². The SMILES string of the molecule is Cc1coc(C=O)c1CN(C)C. The Labute approximate surface area is 72.0 Å². The Kier molecular flexibility index (Phi) is 2.65. The summed E-state index contributed by atoms with van der Waals surface area (Å²) in [5, 5.41) is 0. The first kappa shape index (κ1) is 9.00. The molecule has 0 bridgehead atoms. The fraction of sp³-hybridized carbons (Fsp3) is 0.444. The molecule has 0 atom stereocenters. The van der Waals surface area contributed by atoms with Crippen molar-refractivity contribution in [3.8, 4) is 0 Å². The molecule has 0 unspecified atom stereocenters. The van der Waals surface area contributed by atoms with Crippen LogP contribution in [0.15, 0.2) is 10.7 Å². The van der Waals surface area contributed by atoms with Gasteiger partial charge in [0.05, 0.1) is 6.26 Å². The number of hydrogen-bond donors (Lipinski definition) is 0. The van der Waals surface area contributed by atoms with E-state index in [2.05, 4.69) is 0 Å². The maximum absolute atomic E-state index is 10.5. The summed E-state index contributed by atoms with van der Waals surface area (Å²) in [5.41, 5.74) is 2.01. The fourth-order valence-corrected chi connectivity index (χ4v) is 1.11. The van der Waals surface area contributed by atoms with Gasteiger partial charge < -0.3 is 9.32 Å². The third-order valence-electron chi connectivity index (χ3n) is 1.72. The lowest BCUT2D eigenvalue weighted by Crippen LogP contribution is -2.12. The molecule has 0 aliphatic heterocycles. The van der Waals surface area contributed by atoms with Gasteiger partial charge in [-0.1, -0.05) is 0 Å². The number of furan rings is 1. The standard InChI is InChI=1S/C9H13NO2/c1-7-6-12-9(5-11)8(7)4-10(2)3/h5-6H,4H2,1-3H3. The molecule has 66 valence electrons. The van der Waals surface area contributed by atoms with Gasteiger partial charge >= 0.3 is 0 Å². The predicted octanol–water partition coefficient (Wildman–Crippen LogP) is 1.46. The molecule has 0 aromatic carbocycles. The van der Waals surface area contributed by atoms with E-state index in [1.807, 2.05) is 25.9 Å². The maximum atomic E-state index is 10.5. The molecule has 1 heterocycles. The fourth-order valence-electron chi connectivity index (χ4n) is 1.11. The van der Waals surface area contributed by atoms with E-state index in [1.165, 1.54) is 0 Å². The van der Waals surface area contributed by atoms with Crippen molar-refractivity contribution in [3.63, 3.8) is 0 Å². The molecule has 1 rings (SSSR count). The number of aryl methyl sites for hydroxylation is 1. The Hall–Kier alpha value is -1.09. The summed E-state index contributed by atoms with van der Waals surface area (Å²) >= 11 is 0. The zero-order valence-electron chi connectivity index (χ0n) is 7.63. The second kappa shape index (κ2) is 3.54. The van der Waals surface area contributed by atoms with Gasteiger partial charge in [0, 0.05) is 12.1 Å². The number of carbonyl (C=O) groups is 1. The second-order valence-corrected chi connectivity index (χ2v) is 3.12. The van der Waals surface area contributed by atoms with Crippen molar-refractivity contribution in [1.29, 1.82) is 0 Å². The molecule has 0 fully saturated rings. The molecule has 3 nitrogen and oxygen atoms in total. The molecule has 0 aliphatic rings. The first-order valence-electron chi connectivity index (χ1n) is 3.82.